The van der Waals surface area contributed by atoms with Gasteiger partial charge >= 0.3 is 0 Å². The Bertz CT molecular complexity index is 737. The van der Waals surface area contributed by atoms with Gasteiger partial charge in [-0.3, -0.25) is 4.90 Å². The maximum Gasteiger partial charge on any atom is 0.247 e. The van der Waals surface area contributed by atoms with Crippen LogP contribution in [-0.4, -0.2) is 59.8 Å². The van der Waals surface area contributed by atoms with Crippen molar-refractivity contribution in [2.24, 2.45) is 0 Å². The van der Waals surface area contributed by atoms with Gasteiger partial charge in [0.05, 0.1) is 12.3 Å². The fourth-order valence-corrected chi connectivity index (χ4v) is 3.64. The Labute approximate surface area is 136 Å². The second-order valence-corrected chi connectivity index (χ2v) is 7.70. The van der Waals surface area contributed by atoms with Crippen LogP contribution < -0.4 is 0 Å². The summed E-state index contributed by atoms with van der Waals surface area (Å²) in [6.07, 6.45) is 0. The summed E-state index contributed by atoms with van der Waals surface area (Å²) in [7, 11) is -3.09. The predicted octanol–water partition coefficient (Wildman–Crippen LogP) is 1.20. The fraction of sp³-hybridized carbons (Fsp3) is 0.467. The molecule has 1 fully saturated rings. The van der Waals surface area contributed by atoms with Crippen molar-refractivity contribution in [3.8, 4) is 11.5 Å². The Morgan fingerprint density at radius 2 is 1.78 bits per heavy atom. The molecule has 0 bridgehead atoms. The molecule has 23 heavy (non-hydrogen) atoms. The largest absolute Gasteiger partial charge is 0.419 e. The third-order valence-electron chi connectivity index (χ3n) is 3.94. The first kappa shape index (κ1) is 16.1. The van der Waals surface area contributed by atoms with Gasteiger partial charge in [-0.15, -0.1) is 10.2 Å². The highest BCUT2D eigenvalue weighted by Gasteiger charge is 2.26. The van der Waals surface area contributed by atoms with Gasteiger partial charge in [-0.25, -0.2) is 8.42 Å². The Kier molecular flexibility index (Phi) is 4.74. The molecule has 1 aliphatic heterocycles. The molecule has 3 rings (SSSR count). The molecule has 0 atom stereocenters. The molecule has 7 nitrogen and oxygen atoms in total. The van der Waals surface area contributed by atoms with E-state index in [4.69, 9.17) is 4.42 Å². The number of benzene rings is 1. The maximum atomic E-state index is 11.8. The van der Waals surface area contributed by atoms with Crippen LogP contribution in [0.4, 0.5) is 0 Å². The summed E-state index contributed by atoms with van der Waals surface area (Å²) < 4.78 is 30.9. The van der Waals surface area contributed by atoms with Gasteiger partial charge in [-0.2, -0.15) is 4.31 Å². The van der Waals surface area contributed by atoms with E-state index < -0.39 is 10.0 Å². The molecule has 1 aromatic heterocycles. The van der Waals surface area contributed by atoms with Crippen molar-refractivity contribution >= 4 is 10.0 Å². The predicted molar refractivity (Wildman–Crippen MR) is 86.0 cm³/mol. The third kappa shape index (κ3) is 3.77. The number of hydrogen-bond donors (Lipinski definition) is 0. The highest BCUT2D eigenvalue weighted by molar-refractivity contribution is 7.89. The van der Waals surface area contributed by atoms with E-state index >= 15 is 0 Å². The minimum absolute atomic E-state index is 0.150. The summed E-state index contributed by atoms with van der Waals surface area (Å²) in [4.78, 5) is 2.13. The summed E-state index contributed by atoms with van der Waals surface area (Å²) in [5.41, 5.74) is 0.894. The summed E-state index contributed by atoms with van der Waals surface area (Å²) in [6.45, 7) is 4.57. The van der Waals surface area contributed by atoms with Gasteiger partial charge in [-0.1, -0.05) is 18.2 Å². The molecule has 0 saturated carbocycles. The second kappa shape index (κ2) is 6.77. The number of nitrogens with zero attached hydrogens (tertiary/aromatic N) is 4. The molecule has 0 radical (unpaired) electrons. The minimum atomic E-state index is -3.09. The van der Waals surface area contributed by atoms with Gasteiger partial charge in [0.1, 0.15) is 0 Å². The lowest BCUT2D eigenvalue weighted by atomic mass is 10.2. The molecule has 1 aromatic carbocycles. The van der Waals surface area contributed by atoms with Crippen LogP contribution in [0.2, 0.25) is 0 Å². The zero-order valence-corrected chi connectivity index (χ0v) is 13.9. The third-order valence-corrected chi connectivity index (χ3v) is 5.82. The minimum Gasteiger partial charge on any atom is -0.419 e. The molecule has 1 saturated heterocycles. The molecule has 0 aliphatic carbocycles. The van der Waals surface area contributed by atoms with Gasteiger partial charge in [-0.05, 0) is 19.1 Å². The van der Waals surface area contributed by atoms with Crippen molar-refractivity contribution in [1.29, 1.82) is 0 Å². The van der Waals surface area contributed by atoms with Crippen LogP contribution in [0.1, 0.15) is 12.8 Å². The summed E-state index contributed by atoms with van der Waals surface area (Å²) in [6, 6.07) is 9.63. The Balaban J connectivity index is 1.59. The Morgan fingerprint density at radius 1 is 1.09 bits per heavy atom. The number of piperazine rings is 1. The topological polar surface area (TPSA) is 79.5 Å². The normalized spacial score (nSPS) is 17.4. The average molecular weight is 336 g/mol. The van der Waals surface area contributed by atoms with Crippen LogP contribution in [-0.2, 0) is 16.6 Å². The van der Waals surface area contributed by atoms with E-state index in [0.29, 0.717) is 44.5 Å². The van der Waals surface area contributed by atoms with Crippen LogP contribution >= 0.6 is 0 Å². The van der Waals surface area contributed by atoms with Crippen molar-refractivity contribution in [2.45, 2.75) is 13.5 Å². The van der Waals surface area contributed by atoms with Gasteiger partial charge < -0.3 is 4.42 Å². The van der Waals surface area contributed by atoms with Crippen LogP contribution in [0.5, 0.6) is 0 Å². The van der Waals surface area contributed by atoms with Crippen LogP contribution in [0.3, 0.4) is 0 Å². The van der Waals surface area contributed by atoms with Crippen LogP contribution in [0, 0.1) is 0 Å². The Hall–Kier alpha value is -1.77. The van der Waals surface area contributed by atoms with E-state index in [1.807, 2.05) is 30.3 Å². The Morgan fingerprint density at radius 3 is 2.43 bits per heavy atom. The molecule has 2 heterocycles. The first-order chi connectivity index (χ1) is 11.1. The quantitative estimate of drug-likeness (QED) is 0.816. The van der Waals surface area contributed by atoms with E-state index in [2.05, 4.69) is 15.1 Å². The molecule has 1 aliphatic rings. The molecular formula is C15H20N4O3S. The van der Waals surface area contributed by atoms with Crippen molar-refractivity contribution in [1.82, 2.24) is 19.4 Å². The first-order valence-electron chi connectivity index (χ1n) is 7.66. The summed E-state index contributed by atoms with van der Waals surface area (Å²) >= 11 is 0. The molecule has 0 spiro atoms. The van der Waals surface area contributed by atoms with E-state index in [-0.39, 0.29) is 5.75 Å². The monoisotopic (exact) mass is 336 g/mol. The fourth-order valence-electron chi connectivity index (χ4n) is 2.55. The zero-order chi connectivity index (χ0) is 16.3. The lowest BCUT2D eigenvalue weighted by Crippen LogP contribution is -2.48. The van der Waals surface area contributed by atoms with E-state index in [1.54, 1.807) is 11.2 Å². The summed E-state index contributed by atoms with van der Waals surface area (Å²) in [5.74, 6) is 1.21. The molecule has 0 N–H and O–H groups in total. The van der Waals surface area contributed by atoms with Crippen molar-refractivity contribution < 1.29 is 12.8 Å². The molecule has 2 aromatic rings. The smallest absolute Gasteiger partial charge is 0.247 e. The maximum absolute atomic E-state index is 11.8. The van der Waals surface area contributed by atoms with Crippen LogP contribution in [0.25, 0.3) is 11.5 Å². The van der Waals surface area contributed by atoms with E-state index in [9.17, 15) is 8.42 Å². The van der Waals surface area contributed by atoms with E-state index in [0.717, 1.165) is 5.56 Å². The number of rotatable bonds is 5. The van der Waals surface area contributed by atoms with Crippen molar-refractivity contribution in [3.05, 3.63) is 36.2 Å². The second-order valence-electron chi connectivity index (χ2n) is 5.44. The molecule has 8 heteroatoms. The van der Waals surface area contributed by atoms with Crippen molar-refractivity contribution in [3.63, 3.8) is 0 Å². The molecule has 0 amide bonds. The first-order valence-corrected chi connectivity index (χ1v) is 9.27. The average Bonchev–Trinajstić information content (AvgIpc) is 3.05. The summed E-state index contributed by atoms with van der Waals surface area (Å²) in [5, 5.41) is 8.15. The highest BCUT2D eigenvalue weighted by atomic mass is 32.2. The van der Waals surface area contributed by atoms with Gasteiger partial charge in [0, 0.05) is 31.7 Å². The van der Waals surface area contributed by atoms with E-state index in [1.165, 1.54) is 0 Å². The lowest BCUT2D eigenvalue weighted by Gasteiger charge is -2.32. The van der Waals surface area contributed by atoms with Crippen LogP contribution in [0.15, 0.2) is 34.7 Å². The zero-order valence-electron chi connectivity index (χ0n) is 13.1. The standard InChI is InChI=1S/C15H20N4O3S/c1-2-23(20,21)19-10-8-18(9-11-19)12-14-16-17-15(22-14)13-6-4-3-5-7-13/h3-7H,2,8-12H2,1H3. The highest BCUT2D eigenvalue weighted by Crippen LogP contribution is 2.18. The number of sulfonamides is 1. The SMILES string of the molecule is CCS(=O)(=O)N1CCN(Cc2nnc(-c3ccccc3)o2)CC1. The van der Waals surface area contributed by atoms with Crippen molar-refractivity contribution in [2.75, 3.05) is 31.9 Å². The molecular weight excluding hydrogens is 316 g/mol. The molecule has 124 valence electrons. The lowest BCUT2D eigenvalue weighted by molar-refractivity contribution is 0.169. The van der Waals surface area contributed by atoms with Gasteiger partial charge in [0.25, 0.3) is 0 Å². The number of hydrogen-bond acceptors (Lipinski definition) is 6. The van der Waals surface area contributed by atoms with Gasteiger partial charge in [0.15, 0.2) is 0 Å². The molecule has 0 unspecified atom stereocenters. The van der Waals surface area contributed by atoms with Gasteiger partial charge in [0.2, 0.25) is 21.8 Å². The number of aromatic nitrogens is 2.